The van der Waals surface area contributed by atoms with Crippen LogP contribution in [-0.4, -0.2) is 11.1 Å². The second-order valence-corrected chi connectivity index (χ2v) is 5.58. The SMILES string of the molecule is CCC(N[C@H](C)c1ccccc1)c1cccc(CC(=O)O)c1.Cl. The molecule has 124 valence electrons. The van der Waals surface area contributed by atoms with Crippen molar-refractivity contribution in [3.8, 4) is 0 Å². The molecule has 2 atom stereocenters. The van der Waals surface area contributed by atoms with E-state index in [4.69, 9.17) is 5.11 Å². The molecule has 0 radical (unpaired) electrons. The van der Waals surface area contributed by atoms with Crippen LogP contribution in [0.1, 0.15) is 49.0 Å². The van der Waals surface area contributed by atoms with E-state index in [1.54, 1.807) is 0 Å². The molecule has 0 heterocycles. The molecular formula is C19H24ClNO2. The first-order valence-corrected chi connectivity index (χ1v) is 7.71. The van der Waals surface area contributed by atoms with Crippen molar-refractivity contribution in [1.29, 1.82) is 0 Å². The van der Waals surface area contributed by atoms with Crippen molar-refractivity contribution >= 4 is 18.4 Å². The molecule has 0 spiro atoms. The van der Waals surface area contributed by atoms with Crippen LogP contribution in [0.25, 0.3) is 0 Å². The molecule has 0 aliphatic heterocycles. The molecule has 0 aromatic heterocycles. The number of carboxylic acid groups (broad SMARTS) is 1. The summed E-state index contributed by atoms with van der Waals surface area (Å²) in [4.78, 5) is 10.9. The van der Waals surface area contributed by atoms with Gasteiger partial charge in [-0.25, -0.2) is 0 Å². The highest BCUT2D eigenvalue weighted by Crippen LogP contribution is 2.23. The maximum atomic E-state index is 10.9. The first-order valence-electron chi connectivity index (χ1n) is 7.71. The van der Waals surface area contributed by atoms with Crippen LogP contribution in [0.2, 0.25) is 0 Å². The van der Waals surface area contributed by atoms with Gasteiger partial charge < -0.3 is 10.4 Å². The van der Waals surface area contributed by atoms with Gasteiger partial charge in [0.05, 0.1) is 6.42 Å². The van der Waals surface area contributed by atoms with E-state index in [0.717, 1.165) is 17.5 Å². The van der Waals surface area contributed by atoms with Crippen molar-refractivity contribution in [3.05, 3.63) is 71.3 Å². The van der Waals surface area contributed by atoms with Gasteiger partial charge in [-0.15, -0.1) is 12.4 Å². The summed E-state index contributed by atoms with van der Waals surface area (Å²) in [7, 11) is 0. The highest BCUT2D eigenvalue weighted by atomic mass is 35.5. The normalized spacial score (nSPS) is 13.0. The Balaban J connectivity index is 0.00000264. The maximum absolute atomic E-state index is 10.9. The predicted octanol–water partition coefficient (Wildman–Crippen LogP) is 4.54. The second-order valence-electron chi connectivity index (χ2n) is 5.58. The fourth-order valence-electron chi connectivity index (χ4n) is 2.68. The first kappa shape index (κ1) is 19.2. The smallest absolute Gasteiger partial charge is 0.307 e. The van der Waals surface area contributed by atoms with Crippen LogP contribution >= 0.6 is 12.4 Å². The van der Waals surface area contributed by atoms with E-state index in [0.29, 0.717) is 0 Å². The number of hydrogen-bond donors (Lipinski definition) is 2. The van der Waals surface area contributed by atoms with Crippen molar-refractivity contribution in [1.82, 2.24) is 5.32 Å². The summed E-state index contributed by atoms with van der Waals surface area (Å²) in [6.07, 6.45) is 1.02. The minimum atomic E-state index is -0.796. The number of carbonyl (C=O) groups is 1. The number of nitrogens with one attached hydrogen (secondary N) is 1. The summed E-state index contributed by atoms with van der Waals surface area (Å²) in [6.45, 7) is 4.29. The minimum absolute atomic E-state index is 0. The number of halogens is 1. The first-order chi connectivity index (χ1) is 10.6. The molecule has 2 aromatic rings. The largest absolute Gasteiger partial charge is 0.481 e. The van der Waals surface area contributed by atoms with E-state index in [9.17, 15) is 4.79 Å². The van der Waals surface area contributed by atoms with Crippen LogP contribution in [0, 0.1) is 0 Å². The monoisotopic (exact) mass is 333 g/mol. The van der Waals surface area contributed by atoms with E-state index in [-0.39, 0.29) is 30.9 Å². The molecule has 0 bridgehead atoms. The second kappa shape index (κ2) is 9.33. The number of benzene rings is 2. The summed E-state index contributed by atoms with van der Waals surface area (Å²) in [6, 6.07) is 18.6. The van der Waals surface area contributed by atoms with Gasteiger partial charge in [-0.3, -0.25) is 4.79 Å². The number of aliphatic carboxylic acids is 1. The third-order valence-corrected chi connectivity index (χ3v) is 3.87. The number of carboxylic acids is 1. The van der Waals surface area contributed by atoms with Crippen LogP contribution in [0.5, 0.6) is 0 Å². The Labute approximate surface area is 144 Å². The third kappa shape index (κ3) is 5.70. The molecule has 4 heteroatoms. The van der Waals surface area contributed by atoms with E-state index in [1.165, 1.54) is 5.56 Å². The maximum Gasteiger partial charge on any atom is 0.307 e. The molecule has 0 aliphatic rings. The summed E-state index contributed by atoms with van der Waals surface area (Å²) < 4.78 is 0. The van der Waals surface area contributed by atoms with Crippen LogP contribution in [0.4, 0.5) is 0 Å². The van der Waals surface area contributed by atoms with E-state index in [2.05, 4.69) is 37.4 Å². The van der Waals surface area contributed by atoms with Gasteiger partial charge in [-0.2, -0.15) is 0 Å². The Morgan fingerprint density at radius 2 is 1.74 bits per heavy atom. The van der Waals surface area contributed by atoms with Crippen molar-refractivity contribution in [2.45, 2.75) is 38.8 Å². The Bertz CT molecular complexity index is 616. The Morgan fingerprint density at radius 1 is 1.09 bits per heavy atom. The van der Waals surface area contributed by atoms with Gasteiger partial charge in [0.2, 0.25) is 0 Å². The van der Waals surface area contributed by atoms with Crippen LogP contribution < -0.4 is 5.32 Å². The average molecular weight is 334 g/mol. The molecule has 0 amide bonds. The lowest BCUT2D eigenvalue weighted by atomic mass is 9.98. The van der Waals surface area contributed by atoms with Gasteiger partial charge in [0.1, 0.15) is 0 Å². The lowest BCUT2D eigenvalue weighted by Gasteiger charge is -2.23. The van der Waals surface area contributed by atoms with Crippen LogP contribution in [0.15, 0.2) is 54.6 Å². The predicted molar refractivity (Wildman–Crippen MR) is 96.1 cm³/mol. The van der Waals surface area contributed by atoms with Gasteiger partial charge in [0, 0.05) is 12.1 Å². The topological polar surface area (TPSA) is 49.3 Å². The molecule has 1 unspecified atom stereocenters. The quantitative estimate of drug-likeness (QED) is 0.782. The van der Waals surface area contributed by atoms with Crippen molar-refractivity contribution in [3.63, 3.8) is 0 Å². The average Bonchev–Trinajstić information content (AvgIpc) is 2.53. The van der Waals surface area contributed by atoms with Crippen LogP contribution in [0.3, 0.4) is 0 Å². The van der Waals surface area contributed by atoms with E-state index in [1.807, 2.05) is 36.4 Å². The third-order valence-electron chi connectivity index (χ3n) is 3.87. The Hall–Kier alpha value is -1.84. The molecule has 0 saturated heterocycles. The molecule has 2 rings (SSSR count). The fourth-order valence-corrected chi connectivity index (χ4v) is 2.68. The van der Waals surface area contributed by atoms with Gasteiger partial charge >= 0.3 is 5.97 Å². The zero-order valence-electron chi connectivity index (χ0n) is 13.5. The minimum Gasteiger partial charge on any atom is -0.481 e. The van der Waals surface area contributed by atoms with E-state index >= 15 is 0 Å². The zero-order chi connectivity index (χ0) is 15.9. The van der Waals surface area contributed by atoms with Gasteiger partial charge in [0.25, 0.3) is 0 Å². The van der Waals surface area contributed by atoms with E-state index < -0.39 is 5.97 Å². The number of rotatable bonds is 7. The molecule has 3 nitrogen and oxygen atoms in total. The summed E-state index contributed by atoms with van der Waals surface area (Å²) in [5.74, 6) is -0.796. The van der Waals surface area contributed by atoms with Gasteiger partial charge in [-0.05, 0) is 30.0 Å². The summed E-state index contributed by atoms with van der Waals surface area (Å²) in [5, 5.41) is 12.6. The van der Waals surface area contributed by atoms with Gasteiger partial charge in [-0.1, -0.05) is 61.5 Å². The fraction of sp³-hybridized carbons (Fsp3) is 0.316. The van der Waals surface area contributed by atoms with Gasteiger partial charge in [0.15, 0.2) is 0 Å². The summed E-state index contributed by atoms with van der Waals surface area (Å²) >= 11 is 0. The molecule has 0 aliphatic carbocycles. The van der Waals surface area contributed by atoms with Crippen LogP contribution in [-0.2, 0) is 11.2 Å². The highest BCUT2D eigenvalue weighted by Gasteiger charge is 2.14. The van der Waals surface area contributed by atoms with Crippen molar-refractivity contribution in [2.24, 2.45) is 0 Å². The lowest BCUT2D eigenvalue weighted by molar-refractivity contribution is -0.136. The van der Waals surface area contributed by atoms with Crippen molar-refractivity contribution in [2.75, 3.05) is 0 Å². The molecule has 2 N–H and O–H groups in total. The molecule has 2 aromatic carbocycles. The van der Waals surface area contributed by atoms with Crippen molar-refractivity contribution < 1.29 is 9.90 Å². The Morgan fingerprint density at radius 3 is 2.35 bits per heavy atom. The Kier molecular flexibility index (Phi) is 7.79. The molecule has 23 heavy (non-hydrogen) atoms. The highest BCUT2D eigenvalue weighted by molar-refractivity contribution is 5.85. The lowest BCUT2D eigenvalue weighted by Crippen LogP contribution is -2.24. The molecular weight excluding hydrogens is 310 g/mol. The standard InChI is InChI=1S/C19H23NO2.ClH/c1-3-18(20-14(2)16-9-5-4-6-10-16)17-11-7-8-15(12-17)13-19(21)22;/h4-12,14,18,20H,3,13H2,1-2H3,(H,21,22);1H/t14-,18?;/m1./s1. The zero-order valence-corrected chi connectivity index (χ0v) is 14.3. The molecule has 0 fully saturated rings. The summed E-state index contributed by atoms with van der Waals surface area (Å²) in [5.41, 5.74) is 3.24. The number of hydrogen-bond acceptors (Lipinski definition) is 2. The molecule has 0 saturated carbocycles.